The molecule has 0 aliphatic heterocycles. The maximum atomic E-state index is 8.45. The molecule has 0 aliphatic carbocycles. The molecule has 2 heteroatoms. The van der Waals surface area contributed by atoms with Crippen LogP contribution in [-0.2, 0) is 0 Å². The second-order valence-corrected chi connectivity index (χ2v) is 2.19. The Morgan fingerprint density at radius 1 is 1.08 bits per heavy atom. The third-order valence-corrected chi connectivity index (χ3v) is 1.35. The molecule has 0 radical (unpaired) electrons. The molecule has 1 aromatic rings. The van der Waals surface area contributed by atoms with Crippen LogP contribution in [0.5, 0.6) is 0 Å². The van der Waals surface area contributed by atoms with Gasteiger partial charge in [-0.05, 0) is 11.6 Å². The first-order valence-electron chi connectivity index (χ1n) is 3.44. The number of nitriles is 2. The monoisotopic (exact) mass is 154 g/mol. The van der Waals surface area contributed by atoms with Crippen molar-refractivity contribution in [3.05, 3.63) is 41.5 Å². The molecule has 0 unspecified atom stereocenters. The molecule has 0 aromatic heterocycles. The zero-order chi connectivity index (χ0) is 8.81. The molecule has 0 saturated carbocycles. The molecule has 0 spiro atoms. The van der Waals surface area contributed by atoms with Crippen molar-refractivity contribution in [1.29, 1.82) is 10.5 Å². The van der Waals surface area contributed by atoms with E-state index >= 15 is 0 Å². The minimum absolute atomic E-state index is 0.126. The smallest absolute Gasteiger partial charge is 0.130 e. The van der Waals surface area contributed by atoms with Gasteiger partial charge in [-0.15, -0.1) is 0 Å². The van der Waals surface area contributed by atoms with Crippen LogP contribution in [0.15, 0.2) is 35.9 Å². The summed E-state index contributed by atoms with van der Waals surface area (Å²) in [5.74, 6) is 0. The van der Waals surface area contributed by atoms with E-state index in [1.54, 1.807) is 18.2 Å². The Morgan fingerprint density at radius 2 is 1.67 bits per heavy atom. The Bertz CT molecular complexity index is 347. The Kier molecular flexibility index (Phi) is 2.65. The molecule has 0 amide bonds. The number of hydrogen-bond donors (Lipinski definition) is 0. The van der Waals surface area contributed by atoms with E-state index in [0.717, 1.165) is 5.56 Å². The lowest BCUT2D eigenvalue weighted by molar-refractivity contribution is 1.47. The topological polar surface area (TPSA) is 47.6 Å². The van der Waals surface area contributed by atoms with Gasteiger partial charge in [-0.2, -0.15) is 10.5 Å². The molecule has 0 N–H and O–H groups in total. The molecule has 1 rings (SSSR count). The SMILES string of the molecule is N#CC(C#N)=Cc1ccccc1. The fourth-order valence-electron chi connectivity index (χ4n) is 0.805. The van der Waals surface area contributed by atoms with Crippen molar-refractivity contribution >= 4 is 6.08 Å². The van der Waals surface area contributed by atoms with Crippen LogP contribution in [0.2, 0.25) is 0 Å². The predicted molar refractivity (Wildman–Crippen MR) is 45.6 cm³/mol. The Hall–Kier alpha value is -2.06. The summed E-state index contributed by atoms with van der Waals surface area (Å²) < 4.78 is 0. The van der Waals surface area contributed by atoms with Crippen molar-refractivity contribution in [3.63, 3.8) is 0 Å². The van der Waals surface area contributed by atoms with Gasteiger partial charge in [0.25, 0.3) is 0 Å². The largest absolute Gasteiger partial charge is 0.192 e. The molecule has 56 valence electrons. The minimum atomic E-state index is 0.126. The van der Waals surface area contributed by atoms with Gasteiger partial charge < -0.3 is 0 Å². The highest BCUT2D eigenvalue weighted by molar-refractivity contribution is 5.61. The van der Waals surface area contributed by atoms with Gasteiger partial charge in [0.15, 0.2) is 0 Å². The summed E-state index contributed by atoms with van der Waals surface area (Å²) in [5.41, 5.74) is 0.997. The fraction of sp³-hybridized carbons (Fsp3) is 0. The lowest BCUT2D eigenvalue weighted by Gasteiger charge is -1.88. The van der Waals surface area contributed by atoms with Crippen LogP contribution in [0.4, 0.5) is 0 Å². The number of rotatable bonds is 1. The van der Waals surface area contributed by atoms with Gasteiger partial charge in [0.2, 0.25) is 0 Å². The van der Waals surface area contributed by atoms with Crippen molar-refractivity contribution in [2.24, 2.45) is 0 Å². The summed E-state index contributed by atoms with van der Waals surface area (Å²) in [6.07, 6.45) is 1.56. The van der Waals surface area contributed by atoms with Crippen LogP contribution >= 0.6 is 0 Å². The molecule has 1 aromatic carbocycles. The van der Waals surface area contributed by atoms with Crippen molar-refractivity contribution in [3.8, 4) is 12.1 Å². The molecule has 0 aliphatic rings. The van der Waals surface area contributed by atoms with Crippen LogP contribution in [-0.4, -0.2) is 0 Å². The average Bonchev–Trinajstić information content (AvgIpc) is 2.16. The van der Waals surface area contributed by atoms with Crippen LogP contribution in [0.25, 0.3) is 6.08 Å². The van der Waals surface area contributed by atoms with Crippen LogP contribution in [0, 0.1) is 22.7 Å². The average molecular weight is 154 g/mol. The quantitative estimate of drug-likeness (QED) is 0.581. The number of nitrogens with zero attached hydrogens (tertiary/aromatic N) is 2. The Morgan fingerprint density at radius 3 is 2.17 bits per heavy atom. The van der Waals surface area contributed by atoms with Crippen molar-refractivity contribution in [1.82, 2.24) is 0 Å². The second-order valence-electron chi connectivity index (χ2n) is 2.19. The maximum Gasteiger partial charge on any atom is 0.130 e. The Balaban J connectivity index is 2.98. The molecule has 0 atom stereocenters. The maximum absolute atomic E-state index is 8.45. The zero-order valence-electron chi connectivity index (χ0n) is 6.36. The van der Waals surface area contributed by atoms with Crippen molar-refractivity contribution in [2.45, 2.75) is 0 Å². The van der Waals surface area contributed by atoms with Gasteiger partial charge in [-0.25, -0.2) is 0 Å². The zero-order valence-corrected chi connectivity index (χ0v) is 6.36. The van der Waals surface area contributed by atoms with E-state index in [2.05, 4.69) is 0 Å². The van der Waals surface area contributed by atoms with E-state index < -0.39 is 0 Å². The second kappa shape index (κ2) is 3.95. The van der Waals surface area contributed by atoms with Gasteiger partial charge in [0, 0.05) is 0 Å². The molecule has 0 heterocycles. The van der Waals surface area contributed by atoms with Gasteiger partial charge in [-0.1, -0.05) is 30.3 Å². The van der Waals surface area contributed by atoms with E-state index in [0.29, 0.717) is 0 Å². The summed E-state index contributed by atoms with van der Waals surface area (Å²) in [4.78, 5) is 0. The minimum Gasteiger partial charge on any atom is -0.192 e. The molecule has 2 nitrogen and oxygen atoms in total. The third-order valence-electron chi connectivity index (χ3n) is 1.35. The van der Waals surface area contributed by atoms with Gasteiger partial charge >= 0.3 is 0 Å². The fourth-order valence-corrected chi connectivity index (χ4v) is 0.805. The van der Waals surface area contributed by atoms with Gasteiger partial charge in [-0.3, -0.25) is 0 Å². The van der Waals surface area contributed by atoms with Crippen LogP contribution < -0.4 is 0 Å². The van der Waals surface area contributed by atoms with Crippen molar-refractivity contribution in [2.75, 3.05) is 0 Å². The van der Waals surface area contributed by atoms with E-state index in [1.807, 2.05) is 30.3 Å². The van der Waals surface area contributed by atoms with Gasteiger partial charge in [0.05, 0.1) is 0 Å². The lowest BCUT2D eigenvalue weighted by atomic mass is 10.1. The van der Waals surface area contributed by atoms with E-state index in [9.17, 15) is 0 Å². The molecule has 12 heavy (non-hydrogen) atoms. The summed E-state index contributed by atoms with van der Waals surface area (Å²) >= 11 is 0. The van der Waals surface area contributed by atoms with Crippen molar-refractivity contribution < 1.29 is 0 Å². The van der Waals surface area contributed by atoms with Crippen LogP contribution in [0.3, 0.4) is 0 Å². The molecule has 0 fully saturated rings. The van der Waals surface area contributed by atoms with E-state index in [1.165, 1.54) is 0 Å². The normalized spacial score (nSPS) is 7.83. The van der Waals surface area contributed by atoms with E-state index in [-0.39, 0.29) is 5.57 Å². The highest BCUT2D eigenvalue weighted by Gasteiger charge is 1.91. The predicted octanol–water partition coefficient (Wildman–Crippen LogP) is 2.12. The first kappa shape index (κ1) is 8.04. The Labute approximate surface area is 71.0 Å². The highest BCUT2D eigenvalue weighted by atomic mass is 14.3. The number of hydrogen-bond acceptors (Lipinski definition) is 2. The first-order chi connectivity index (χ1) is 5.86. The van der Waals surface area contributed by atoms with Gasteiger partial charge in [0.1, 0.15) is 17.7 Å². The molecule has 0 bridgehead atoms. The first-order valence-corrected chi connectivity index (χ1v) is 3.44. The summed E-state index contributed by atoms with van der Waals surface area (Å²) in [5, 5.41) is 16.9. The number of benzene rings is 1. The summed E-state index contributed by atoms with van der Waals surface area (Å²) in [6, 6.07) is 12.9. The van der Waals surface area contributed by atoms with Crippen LogP contribution in [0.1, 0.15) is 5.56 Å². The third kappa shape index (κ3) is 1.97. The molecular weight excluding hydrogens is 148 g/mol. The summed E-state index contributed by atoms with van der Waals surface area (Å²) in [7, 11) is 0. The molecule has 0 saturated heterocycles. The highest BCUT2D eigenvalue weighted by Crippen LogP contribution is 2.04. The summed E-state index contributed by atoms with van der Waals surface area (Å²) in [6.45, 7) is 0. The number of allylic oxidation sites excluding steroid dienone is 1. The van der Waals surface area contributed by atoms with E-state index in [4.69, 9.17) is 10.5 Å². The standard InChI is InChI=1S/C10H6N2/c11-7-10(8-12)6-9-4-2-1-3-5-9/h1-6H. The molecular formula is C10H6N2. The lowest BCUT2D eigenvalue weighted by Crippen LogP contribution is -1.73.